The molecule has 0 saturated carbocycles. The molecule has 2 aliphatic rings. The normalized spacial score (nSPS) is 22.4. The van der Waals surface area contributed by atoms with Gasteiger partial charge < -0.3 is 26.2 Å². The number of carbonyl (C=O) groups excluding carboxylic acids is 3. The number of hydrogen-bond acceptors (Lipinski definition) is 9. The van der Waals surface area contributed by atoms with Crippen molar-refractivity contribution in [3.8, 4) is 0 Å². The van der Waals surface area contributed by atoms with E-state index in [0.717, 1.165) is 0 Å². The van der Waals surface area contributed by atoms with Crippen LogP contribution in [-0.2, 0) is 19.2 Å². The lowest BCUT2D eigenvalue weighted by molar-refractivity contribution is -0.140. The Bertz CT molecular complexity index is 997. The van der Waals surface area contributed by atoms with Gasteiger partial charge in [0.05, 0.1) is 0 Å². The van der Waals surface area contributed by atoms with Gasteiger partial charge in [0.1, 0.15) is 18.2 Å². The molecule has 14 heteroatoms. The molecule has 3 amide bonds. The largest absolute Gasteiger partial charge is 0.481 e. The molecule has 4 atom stereocenters. The van der Waals surface area contributed by atoms with Gasteiger partial charge in [-0.15, -0.1) is 0 Å². The molecule has 3 rings (SSSR count). The molecule has 34 heavy (non-hydrogen) atoms. The molecule has 0 aromatic heterocycles. The van der Waals surface area contributed by atoms with E-state index < -0.39 is 42.5 Å². The Hall–Kier alpha value is -4.04. The van der Waals surface area contributed by atoms with Crippen molar-refractivity contribution in [3.05, 3.63) is 29.8 Å². The SMILES string of the molecule is NC1=NC2NC[C@H](CN(C=O)c3ccc(C(=O)N[C@@H](CCC(=O)O)C(=O)O)cc3)NC2C(=O)N1. The quantitative estimate of drug-likeness (QED) is 0.175. The fraction of sp³-hybridized carbons (Fsp3) is 0.400. The number of amides is 3. The summed E-state index contributed by atoms with van der Waals surface area (Å²) in [7, 11) is 0. The van der Waals surface area contributed by atoms with Crippen LogP contribution in [0, 0.1) is 0 Å². The van der Waals surface area contributed by atoms with Gasteiger partial charge in [-0.2, -0.15) is 0 Å². The van der Waals surface area contributed by atoms with Crippen molar-refractivity contribution in [3.63, 3.8) is 0 Å². The number of benzene rings is 1. The van der Waals surface area contributed by atoms with Gasteiger partial charge in [0.2, 0.25) is 12.3 Å². The van der Waals surface area contributed by atoms with Crippen molar-refractivity contribution >= 4 is 41.8 Å². The van der Waals surface area contributed by atoms with Crippen molar-refractivity contribution in [2.75, 3.05) is 18.0 Å². The highest BCUT2D eigenvalue weighted by Crippen LogP contribution is 2.16. The molecule has 0 aliphatic carbocycles. The third-order valence-corrected chi connectivity index (χ3v) is 5.37. The molecule has 0 bridgehead atoms. The Morgan fingerprint density at radius 1 is 1.26 bits per heavy atom. The molecule has 1 fully saturated rings. The first-order chi connectivity index (χ1) is 16.2. The van der Waals surface area contributed by atoms with Crippen LogP contribution < -0.4 is 31.9 Å². The molecule has 0 radical (unpaired) electrons. The summed E-state index contributed by atoms with van der Waals surface area (Å²) in [5.74, 6) is -3.48. The predicted molar refractivity (Wildman–Crippen MR) is 118 cm³/mol. The average Bonchev–Trinajstić information content (AvgIpc) is 2.80. The van der Waals surface area contributed by atoms with Crippen LogP contribution in [0.1, 0.15) is 23.2 Å². The molecule has 1 aromatic rings. The monoisotopic (exact) mass is 475 g/mol. The highest BCUT2D eigenvalue weighted by Gasteiger charge is 2.38. The lowest BCUT2D eigenvalue weighted by Gasteiger charge is -2.39. The van der Waals surface area contributed by atoms with Gasteiger partial charge >= 0.3 is 11.9 Å². The molecule has 1 saturated heterocycles. The van der Waals surface area contributed by atoms with E-state index in [1.165, 1.54) is 29.2 Å². The van der Waals surface area contributed by atoms with Gasteiger partial charge in [-0.1, -0.05) is 0 Å². The van der Waals surface area contributed by atoms with E-state index in [-0.39, 0.29) is 36.4 Å². The number of fused-ring (bicyclic) bond motifs is 1. The van der Waals surface area contributed by atoms with E-state index in [2.05, 4.69) is 26.3 Å². The number of aliphatic imine (C=N–C) groups is 1. The summed E-state index contributed by atoms with van der Waals surface area (Å²) in [5.41, 5.74) is 6.18. The molecular weight excluding hydrogens is 450 g/mol. The summed E-state index contributed by atoms with van der Waals surface area (Å²) >= 11 is 0. The summed E-state index contributed by atoms with van der Waals surface area (Å²) in [5, 5.41) is 28.9. The predicted octanol–water partition coefficient (Wildman–Crippen LogP) is -2.60. The number of rotatable bonds is 10. The topological polar surface area (TPSA) is 216 Å². The van der Waals surface area contributed by atoms with E-state index in [9.17, 15) is 29.1 Å². The van der Waals surface area contributed by atoms with Crippen molar-refractivity contribution in [2.24, 2.45) is 10.7 Å². The number of carbonyl (C=O) groups is 5. The Kier molecular flexibility index (Phi) is 7.75. The van der Waals surface area contributed by atoms with E-state index in [0.29, 0.717) is 18.6 Å². The summed E-state index contributed by atoms with van der Waals surface area (Å²) in [6, 6.07) is 3.62. The number of anilines is 1. The Morgan fingerprint density at radius 2 is 1.97 bits per heavy atom. The number of guanidine groups is 1. The van der Waals surface area contributed by atoms with Crippen LogP contribution in [0.15, 0.2) is 29.3 Å². The first kappa shape index (κ1) is 24.6. The smallest absolute Gasteiger partial charge is 0.326 e. The van der Waals surface area contributed by atoms with Crippen molar-refractivity contribution in [1.82, 2.24) is 21.3 Å². The molecule has 2 aliphatic heterocycles. The van der Waals surface area contributed by atoms with Crippen LogP contribution in [-0.4, -0.2) is 83.7 Å². The molecule has 1 aromatic carbocycles. The standard InChI is InChI=1S/C20H25N7O7/c21-20-25-16-15(18(32)26-20)23-11(7-22-16)8-27(9-28)12-3-1-10(2-4-12)17(31)24-13(19(33)34)5-6-14(29)30/h1-4,9,11,13,15-16,22-23H,5-8H2,(H,24,31)(H,29,30)(H,33,34)(H3,21,25,26,32)/t11-,13+,15?,16?/m1/s1. The number of nitrogens with one attached hydrogen (secondary N) is 4. The summed E-state index contributed by atoms with van der Waals surface area (Å²) in [6.45, 7) is 0.636. The lowest BCUT2D eigenvalue weighted by atomic mass is 10.1. The molecule has 2 heterocycles. The maximum absolute atomic E-state index is 12.4. The maximum Gasteiger partial charge on any atom is 0.326 e. The van der Waals surface area contributed by atoms with Crippen LogP contribution in [0.2, 0.25) is 0 Å². The van der Waals surface area contributed by atoms with Gasteiger partial charge in [-0.3, -0.25) is 35.1 Å². The van der Waals surface area contributed by atoms with E-state index >= 15 is 0 Å². The van der Waals surface area contributed by atoms with Crippen LogP contribution in [0.25, 0.3) is 0 Å². The third kappa shape index (κ3) is 6.05. The zero-order valence-electron chi connectivity index (χ0n) is 17.9. The minimum Gasteiger partial charge on any atom is -0.481 e. The van der Waals surface area contributed by atoms with Crippen LogP contribution in [0.4, 0.5) is 5.69 Å². The third-order valence-electron chi connectivity index (χ3n) is 5.37. The number of piperazine rings is 1. The Balaban J connectivity index is 1.61. The summed E-state index contributed by atoms with van der Waals surface area (Å²) in [6.07, 6.45) is -0.546. The molecule has 0 spiro atoms. The number of hydrogen-bond donors (Lipinski definition) is 7. The Labute approximate surface area is 193 Å². The molecule has 2 unspecified atom stereocenters. The van der Waals surface area contributed by atoms with Crippen LogP contribution in [0.3, 0.4) is 0 Å². The van der Waals surface area contributed by atoms with Crippen LogP contribution >= 0.6 is 0 Å². The zero-order valence-corrected chi connectivity index (χ0v) is 17.9. The van der Waals surface area contributed by atoms with Crippen molar-refractivity contribution in [2.45, 2.75) is 37.1 Å². The highest BCUT2D eigenvalue weighted by molar-refractivity contribution is 6.01. The first-order valence-corrected chi connectivity index (χ1v) is 10.4. The fourth-order valence-electron chi connectivity index (χ4n) is 3.65. The van der Waals surface area contributed by atoms with Gasteiger partial charge in [0, 0.05) is 36.8 Å². The number of carboxylic acids is 2. The van der Waals surface area contributed by atoms with Crippen molar-refractivity contribution < 1.29 is 34.2 Å². The Morgan fingerprint density at radius 3 is 2.59 bits per heavy atom. The van der Waals surface area contributed by atoms with Gasteiger partial charge in [0.15, 0.2) is 5.96 Å². The molecule has 14 nitrogen and oxygen atoms in total. The number of nitrogens with zero attached hydrogens (tertiary/aromatic N) is 2. The second kappa shape index (κ2) is 10.7. The second-order valence-corrected chi connectivity index (χ2v) is 7.80. The van der Waals surface area contributed by atoms with Crippen molar-refractivity contribution in [1.29, 1.82) is 0 Å². The minimum absolute atomic E-state index is 0.0363. The fourth-order valence-corrected chi connectivity index (χ4v) is 3.65. The van der Waals surface area contributed by atoms with E-state index in [4.69, 9.17) is 10.8 Å². The highest BCUT2D eigenvalue weighted by atomic mass is 16.4. The summed E-state index contributed by atoms with van der Waals surface area (Å²) in [4.78, 5) is 63.7. The molecule has 182 valence electrons. The maximum atomic E-state index is 12.4. The first-order valence-electron chi connectivity index (χ1n) is 10.4. The molecule has 8 N–H and O–H groups in total. The number of carboxylic acid groups (broad SMARTS) is 2. The number of nitrogens with two attached hydrogens (primary N) is 1. The molecular formula is C20H25N7O7. The number of aliphatic carboxylic acids is 2. The minimum atomic E-state index is -1.35. The van der Waals surface area contributed by atoms with Gasteiger partial charge in [-0.25, -0.2) is 9.79 Å². The van der Waals surface area contributed by atoms with E-state index in [1.54, 1.807) is 0 Å². The van der Waals surface area contributed by atoms with Gasteiger partial charge in [-0.05, 0) is 30.7 Å². The zero-order chi connectivity index (χ0) is 24.8. The second-order valence-electron chi connectivity index (χ2n) is 7.80. The lowest BCUT2D eigenvalue weighted by Crippen LogP contribution is -2.70. The van der Waals surface area contributed by atoms with E-state index in [1.807, 2.05) is 0 Å². The summed E-state index contributed by atoms with van der Waals surface area (Å²) < 4.78 is 0. The average molecular weight is 475 g/mol. The van der Waals surface area contributed by atoms with Crippen LogP contribution in [0.5, 0.6) is 0 Å². The van der Waals surface area contributed by atoms with Gasteiger partial charge in [0.25, 0.3) is 5.91 Å².